The van der Waals surface area contributed by atoms with E-state index in [1.54, 1.807) is 10.8 Å². The lowest BCUT2D eigenvalue weighted by Crippen LogP contribution is -2.13. The van der Waals surface area contributed by atoms with Gasteiger partial charge in [0, 0.05) is 6.42 Å². The number of hydrogen-bond donors (Lipinski definition) is 0. The highest BCUT2D eigenvalue weighted by Gasteiger charge is 2.18. The third kappa shape index (κ3) is 1.56. The normalized spacial score (nSPS) is 14.3. The van der Waals surface area contributed by atoms with E-state index in [1.807, 2.05) is 42.6 Å². The van der Waals surface area contributed by atoms with E-state index in [4.69, 9.17) is 0 Å². The van der Waals surface area contributed by atoms with Crippen LogP contribution in [0.15, 0.2) is 42.6 Å². The minimum absolute atomic E-state index is 0.0364. The van der Waals surface area contributed by atoms with E-state index in [-0.39, 0.29) is 5.91 Å². The van der Waals surface area contributed by atoms with Crippen LogP contribution in [0.5, 0.6) is 0 Å². The van der Waals surface area contributed by atoms with Crippen LogP contribution < -0.4 is 0 Å². The first-order valence-electron chi connectivity index (χ1n) is 4.25. The topological polar surface area (TPSA) is 20.1 Å². The molecular weight excluding hydrogens is 162 g/mol. The smallest absolute Gasteiger partial charge is 0.214 e. The Morgan fingerprint density at radius 2 is 2.00 bits per heavy atom. The van der Waals surface area contributed by atoms with Gasteiger partial charge in [-0.3, -0.25) is 0 Å². The van der Waals surface area contributed by atoms with E-state index < -0.39 is 0 Å². The Kier molecular flexibility index (Phi) is 2.04. The van der Waals surface area contributed by atoms with Crippen molar-refractivity contribution in [1.29, 1.82) is 0 Å². The zero-order valence-electron chi connectivity index (χ0n) is 7.18. The Bertz CT molecular complexity index is 376. The van der Waals surface area contributed by atoms with Gasteiger partial charge in [0.15, 0.2) is 12.4 Å². The third-order valence-corrected chi connectivity index (χ3v) is 1.96. The molecule has 1 aliphatic heterocycles. The Hall–Kier alpha value is -1.70. The quantitative estimate of drug-likeness (QED) is 0.592. The lowest BCUT2D eigenvalue weighted by molar-refractivity contribution is -0.343. The van der Waals surface area contributed by atoms with Crippen molar-refractivity contribution in [3.05, 3.63) is 48.2 Å². The summed E-state index contributed by atoms with van der Waals surface area (Å²) in [6.07, 6.45) is 6.48. The van der Waals surface area contributed by atoms with Crippen LogP contribution in [0.4, 0.5) is 0 Å². The maximum atomic E-state index is 11.7. The molecule has 2 heteroatoms. The molecule has 0 fully saturated rings. The van der Waals surface area contributed by atoms with Gasteiger partial charge in [0.2, 0.25) is 0 Å². The molecule has 0 saturated carbocycles. The van der Waals surface area contributed by atoms with Crippen molar-refractivity contribution in [3.63, 3.8) is 0 Å². The predicted octanol–water partition coefficient (Wildman–Crippen LogP) is 1.83. The first-order chi connectivity index (χ1) is 6.38. The summed E-state index contributed by atoms with van der Waals surface area (Å²) in [6, 6.07) is 9.28. The average molecular weight is 172 g/mol. The number of carbonyl (C=O) groups excluding carboxylic acids is 1. The van der Waals surface area contributed by atoms with Crippen LogP contribution in [-0.2, 0) is 0 Å². The van der Waals surface area contributed by atoms with Crippen LogP contribution in [0.3, 0.4) is 0 Å². The molecule has 0 saturated heterocycles. The second-order valence-electron chi connectivity index (χ2n) is 2.88. The largest absolute Gasteiger partial charge is 0.424 e. The number of benzene rings is 1. The average Bonchev–Trinajstić information content (AvgIpc) is 2.71. The van der Waals surface area contributed by atoms with Crippen molar-refractivity contribution in [2.45, 2.75) is 6.42 Å². The van der Waals surface area contributed by atoms with Gasteiger partial charge in [0.05, 0.1) is 5.56 Å². The van der Waals surface area contributed by atoms with Gasteiger partial charge in [-0.2, -0.15) is 0 Å². The third-order valence-electron chi connectivity index (χ3n) is 1.96. The van der Waals surface area contributed by atoms with Crippen molar-refractivity contribution in [2.75, 3.05) is 0 Å². The molecule has 0 radical (unpaired) electrons. The van der Waals surface area contributed by atoms with Gasteiger partial charge in [-0.15, -0.1) is 4.58 Å². The predicted molar refractivity (Wildman–Crippen MR) is 50.9 cm³/mol. The lowest BCUT2D eigenvalue weighted by atomic mass is 10.2. The molecule has 1 heterocycles. The number of hydrogen-bond acceptors (Lipinski definition) is 1. The van der Waals surface area contributed by atoms with Gasteiger partial charge in [-0.25, -0.2) is 4.79 Å². The summed E-state index contributed by atoms with van der Waals surface area (Å²) in [4.78, 5) is 11.7. The number of allylic oxidation sites excluding steroid dienone is 1. The SMILES string of the molecule is O=C(c1ccccc1)[N+]1=CCC=C1. The minimum atomic E-state index is 0.0364. The van der Waals surface area contributed by atoms with E-state index in [1.165, 1.54) is 0 Å². The van der Waals surface area contributed by atoms with Crippen LogP contribution in [-0.4, -0.2) is 16.7 Å². The summed E-state index contributed by atoms with van der Waals surface area (Å²) < 4.78 is 1.62. The monoisotopic (exact) mass is 172 g/mol. The fraction of sp³-hybridized carbons (Fsp3) is 0.0909. The van der Waals surface area contributed by atoms with Crippen LogP contribution in [0.2, 0.25) is 0 Å². The molecule has 2 nitrogen and oxygen atoms in total. The van der Waals surface area contributed by atoms with Crippen molar-refractivity contribution in [3.8, 4) is 0 Å². The summed E-state index contributed by atoms with van der Waals surface area (Å²) >= 11 is 0. The molecule has 1 aromatic carbocycles. The number of rotatable bonds is 1. The molecule has 64 valence electrons. The van der Waals surface area contributed by atoms with Gasteiger partial charge in [-0.05, 0) is 18.2 Å². The molecule has 1 aliphatic rings. The molecule has 13 heavy (non-hydrogen) atoms. The number of carbonyl (C=O) groups is 1. The Morgan fingerprint density at radius 1 is 1.23 bits per heavy atom. The highest BCUT2D eigenvalue weighted by Crippen LogP contribution is 2.03. The first kappa shape index (κ1) is 7.92. The van der Waals surface area contributed by atoms with Crippen LogP contribution in [0, 0.1) is 0 Å². The molecule has 1 amide bonds. The molecule has 1 aromatic rings. The van der Waals surface area contributed by atoms with E-state index in [9.17, 15) is 4.79 Å². The van der Waals surface area contributed by atoms with Crippen LogP contribution in [0.1, 0.15) is 16.8 Å². The summed E-state index contributed by atoms with van der Waals surface area (Å²) in [5.74, 6) is 0.0364. The van der Waals surface area contributed by atoms with E-state index >= 15 is 0 Å². The molecule has 0 spiro atoms. The highest BCUT2D eigenvalue weighted by molar-refractivity contribution is 5.90. The second kappa shape index (κ2) is 3.35. The molecule has 0 atom stereocenters. The molecule has 2 rings (SSSR count). The molecule has 0 bridgehead atoms. The maximum Gasteiger partial charge on any atom is 0.424 e. The van der Waals surface area contributed by atoms with Crippen LogP contribution >= 0.6 is 0 Å². The van der Waals surface area contributed by atoms with Gasteiger partial charge >= 0.3 is 5.91 Å². The first-order valence-corrected chi connectivity index (χ1v) is 4.25. The van der Waals surface area contributed by atoms with Gasteiger partial charge in [0.25, 0.3) is 0 Å². The zero-order chi connectivity index (χ0) is 9.10. The van der Waals surface area contributed by atoms with Crippen molar-refractivity contribution < 1.29 is 9.37 Å². The van der Waals surface area contributed by atoms with Crippen molar-refractivity contribution >= 4 is 12.1 Å². The molecule has 0 aromatic heterocycles. The lowest BCUT2D eigenvalue weighted by Gasteiger charge is -1.92. The number of nitrogens with zero attached hydrogens (tertiary/aromatic N) is 1. The Labute approximate surface area is 76.8 Å². The van der Waals surface area contributed by atoms with E-state index in [2.05, 4.69) is 0 Å². The Morgan fingerprint density at radius 3 is 2.62 bits per heavy atom. The fourth-order valence-corrected chi connectivity index (χ4v) is 1.29. The molecule has 0 aliphatic carbocycles. The minimum Gasteiger partial charge on any atom is -0.214 e. The van der Waals surface area contributed by atoms with Crippen molar-refractivity contribution in [2.24, 2.45) is 0 Å². The molecule has 0 unspecified atom stereocenters. The fourth-order valence-electron chi connectivity index (χ4n) is 1.29. The Balaban J connectivity index is 2.28. The molecule has 0 N–H and O–H groups in total. The summed E-state index contributed by atoms with van der Waals surface area (Å²) in [5.41, 5.74) is 0.727. The van der Waals surface area contributed by atoms with Crippen LogP contribution in [0.25, 0.3) is 0 Å². The number of amides is 1. The zero-order valence-corrected chi connectivity index (χ0v) is 7.18. The summed E-state index contributed by atoms with van der Waals surface area (Å²) in [7, 11) is 0. The highest BCUT2D eigenvalue weighted by atomic mass is 16.2. The van der Waals surface area contributed by atoms with E-state index in [0.29, 0.717) is 0 Å². The van der Waals surface area contributed by atoms with Gasteiger partial charge in [0.1, 0.15) is 0 Å². The van der Waals surface area contributed by atoms with Crippen molar-refractivity contribution in [1.82, 2.24) is 0 Å². The van der Waals surface area contributed by atoms with Gasteiger partial charge in [-0.1, -0.05) is 18.2 Å². The molecular formula is C11H10NO+. The summed E-state index contributed by atoms with van der Waals surface area (Å²) in [5, 5.41) is 0. The van der Waals surface area contributed by atoms with Gasteiger partial charge < -0.3 is 0 Å². The van der Waals surface area contributed by atoms with E-state index in [0.717, 1.165) is 12.0 Å². The standard InChI is InChI=1S/C11H10NO/c13-11(12-8-4-5-9-12)10-6-2-1-3-7-10/h1-4,6-9H,5H2/q+1. The maximum absolute atomic E-state index is 11.7. The summed E-state index contributed by atoms with van der Waals surface area (Å²) in [6.45, 7) is 0. The second-order valence-corrected chi connectivity index (χ2v) is 2.88.